The van der Waals surface area contributed by atoms with E-state index >= 15 is 0 Å². The van der Waals surface area contributed by atoms with Crippen LogP contribution in [0.1, 0.15) is 20.3 Å². The summed E-state index contributed by atoms with van der Waals surface area (Å²) >= 11 is 2.76. The summed E-state index contributed by atoms with van der Waals surface area (Å²) in [7, 11) is 0. The molecule has 0 bridgehead atoms. The lowest BCUT2D eigenvalue weighted by Gasteiger charge is -2.09. The average molecular weight is 354 g/mol. The predicted octanol–water partition coefficient (Wildman–Crippen LogP) is 1.93. The van der Waals surface area contributed by atoms with E-state index in [-0.39, 0.29) is 24.2 Å². The number of hydrogen-bond acceptors (Lipinski definition) is 7. The molecule has 0 radical (unpaired) electrons. The van der Waals surface area contributed by atoms with Gasteiger partial charge in [-0.05, 0) is 25.3 Å². The second kappa shape index (κ2) is 8.11. The summed E-state index contributed by atoms with van der Waals surface area (Å²) < 4.78 is 6.91. The van der Waals surface area contributed by atoms with Gasteiger partial charge in [0.2, 0.25) is 5.91 Å². The van der Waals surface area contributed by atoms with Crippen LogP contribution in [0.4, 0.5) is 0 Å². The number of thioether (sulfide) groups is 1. The molecule has 0 aliphatic carbocycles. The fourth-order valence-electron chi connectivity index (χ4n) is 1.83. The monoisotopic (exact) mass is 354 g/mol. The molecule has 0 saturated carbocycles. The van der Waals surface area contributed by atoms with Crippen LogP contribution in [-0.4, -0.2) is 38.5 Å². The smallest absolute Gasteiger partial charge is 0.316 e. The van der Waals surface area contributed by atoms with Crippen LogP contribution in [0.25, 0.3) is 10.7 Å². The minimum absolute atomic E-state index is 0.136. The van der Waals surface area contributed by atoms with Crippen molar-refractivity contribution in [2.75, 3.05) is 5.75 Å². The minimum Gasteiger partial charge on any atom is -0.462 e. The third-order valence-electron chi connectivity index (χ3n) is 2.73. The highest BCUT2D eigenvalue weighted by atomic mass is 32.2. The van der Waals surface area contributed by atoms with E-state index in [4.69, 9.17) is 10.5 Å². The van der Waals surface area contributed by atoms with Gasteiger partial charge in [0, 0.05) is 13.0 Å². The van der Waals surface area contributed by atoms with Gasteiger partial charge in [-0.15, -0.1) is 21.5 Å². The molecular weight excluding hydrogens is 336 g/mol. The van der Waals surface area contributed by atoms with E-state index in [9.17, 15) is 9.59 Å². The SMILES string of the molecule is CC(C)OC(=O)CSc1nnc(-c2cccs2)n1CCC(N)=O. The topological polar surface area (TPSA) is 100 Å². The molecule has 7 nitrogen and oxygen atoms in total. The Kier molecular flexibility index (Phi) is 6.17. The van der Waals surface area contributed by atoms with E-state index in [1.807, 2.05) is 22.1 Å². The molecule has 2 heterocycles. The summed E-state index contributed by atoms with van der Waals surface area (Å²) in [6.07, 6.45) is 0.0259. The number of ether oxygens (including phenoxy) is 1. The third-order valence-corrected chi connectivity index (χ3v) is 4.53. The molecule has 1 amide bonds. The Balaban J connectivity index is 2.15. The number of carbonyl (C=O) groups excluding carboxylic acids is 2. The summed E-state index contributed by atoms with van der Waals surface area (Å²) in [6.45, 7) is 3.97. The van der Waals surface area contributed by atoms with Crippen molar-refractivity contribution >= 4 is 35.0 Å². The maximum Gasteiger partial charge on any atom is 0.316 e. The number of thiophene rings is 1. The lowest BCUT2D eigenvalue weighted by atomic mass is 10.4. The van der Waals surface area contributed by atoms with Gasteiger partial charge in [0.15, 0.2) is 11.0 Å². The van der Waals surface area contributed by atoms with Crippen LogP contribution in [0, 0.1) is 0 Å². The molecule has 0 aliphatic heterocycles. The first-order chi connectivity index (χ1) is 11.0. The molecule has 124 valence electrons. The van der Waals surface area contributed by atoms with E-state index in [0.29, 0.717) is 17.5 Å². The number of aromatic nitrogens is 3. The van der Waals surface area contributed by atoms with E-state index in [1.54, 1.807) is 13.8 Å². The standard InChI is InChI=1S/C14H18N4O3S2/c1-9(2)21-12(20)8-23-14-17-16-13(10-4-3-7-22-10)18(14)6-5-11(15)19/h3-4,7,9H,5-6,8H2,1-2H3,(H2,15,19). The van der Waals surface area contributed by atoms with Crippen molar-refractivity contribution in [3.8, 4) is 10.7 Å². The zero-order chi connectivity index (χ0) is 16.8. The van der Waals surface area contributed by atoms with Gasteiger partial charge >= 0.3 is 5.97 Å². The quantitative estimate of drug-likeness (QED) is 0.574. The number of hydrogen-bond donors (Lipinski definition) is 1. The second-order valence-electron chi connectivity index (χ2n) is 4.98. The van der Waals surface area contributed by atoms with E-state index in [1.165, 1.54) is 23.1 Å². The predicted molar refractivity (Wildman–Crippen MR) is 89.1 cm³/mol. The fourth-order valence-corrected chi connectivity index (χ4v) is 3.29. The van der Waals surface area contributed by atoms with Crippen LogP contribution < -0.4 is 5.73 Å². The maximum absolute atomic E-state index is 11.7. The van der Waals surface area contributed by atoms with E-state index < -0.39 is 5.91 Å². The lowest BCUT2D eigenvalue weighted by Crippen LogP contribution is -2.16. The van der Waals surface area contributed by atoms with Crippen molar-refractivity contribution in [2.24, 2.45) is 5.73 Å². The van der Waals surface area contributed by atoms with Crippen LogP contribution in [0.2, 0.25) is 0 Å². The van der Waals surface area contributed by atoms with Gasteiger partial charge < -0.3 is 15.0 Å². The lowest BCUT2D eigenvalue weighted by molar-refractivity contribution is -0.144. The molecule has 2 rings (SSSR count). The van der Waals surface area contributed by atoms with Crippen LogP contribution in [0.15, 0.2) is 22.7 Å². The van der Waals surface area contributed by atoms with Crippen molar-refractivity contribution in [2.45, 2.75) is 38.1 Å². The van der Waals surface area contributed by atoms with Gasteiger partial charge in [-0.25, -0.2) is 0 Å². The van der Waals surface area contributed by atoms with Gasteiger partial charge in [0.25, 0.3) is 0 Å². The van der Waals surface area contributed by atoms with E-state index in [0.717, 1.165) is 4.88 Å². The summed E-state index contributed by atoms with van der Waals surface area (Å²) in [6, 6.07) is 3.84. The summed E-state index contributed by atoms with van der Waals surface area (Å²) in [5.41, 5.74) is 5.23. The summed E-state index contributed by atoms with van der Waals surface area (Å²) in [5.74, 6) is 0.0937. The molecule has 0 aromatic carbocycles. The first kappa shape index (κ1) is 17.5. The Morgan fingerprint density at radius 3 is 2.83 bits per heavy atom. The van der Waals surface area contributed by atoms with Crippen molar-refractivity contribution in [3.05, 3.63) is 17.5 Å². The minimum atomic E-state index is -0.397. The molecule has 0 unspecified atom stereocenters. The van der Waals surface area contributed by atoms with Gasteiger partial charge in [0.1, 0.15) is 0 Å². The molecule has 2 aromatic heterocycles. The largest absolute Gasteiger partial charge is 0.462 e. The first-order valence-corrected chi connectivity index (χ1v) is 8.91. The first-order valence-electron chi connectivity index (χ1n) is 7.05. The molecule has 0 atom stereocenters. The van der Waals surface area contributed by atoms with Gasteiger partial charge in [-0.1, -0.05) is 17.8 Å². The number of rotatable bonds is 8. The Hall–Kier alpha value is -1.87. The van der Waals surface area contributed by atoms with Crippen LogP contribution >= 0.6 is 23.1 Å². The Morgan fingerprint density at radius 2 is 2.22 bits per heavy atom. The van der Waals surface area contributed by atoms with Crippen molar-refractivity contribution in [3.63, 3.8) is 0 Å². The zero-order valence-electron chi connectivity index (χ0n) is 12.9. The second-order valence-corrected chi connectivity index (χ2v) is 6.87. The number of carbonyl (C=O) groups is 2. The molecule has 23 heavy (non-hydrogen) atoms. The molecule has 2 aromatic rings. The normalized spacial score (nSPS) is 10.9. The van der Waals surface area contributed by atoms with Crippen LogP contribution in [-0.2, 0) is 20.9 Å². The summed E-state index contributed by atoms with van der Waals surface area (Å²) in [5, 5.41) is 10.8. The molecule has 0 fully saturated rings. The molecule has 9 heteroatoms. The number of esters is 1. The number of nitrogens with zero attached hydrogens (tertiary/aromatic N) is 3. The Bertz CT molecular complexity index is 668. The molecular formula is C14H18N4O3S2. The maximum atomic E-state index is 11.7. The van der Waals surface area contributed by atoms with E-state index in [2.05, 4.69) is 10.2 Å². The Morgan fingerprint density at radius 1 is 1.43 bits per heavy atom. The number of primary amides is 1. The highest BCUT2D eigenvalue weighted by Crippen LogP contribution is 2.27. The van der Waals surface area contributed by atoms with Crippen molar-refractivity contribution in [1.29, 1.82) is 0 Å². The number of amides is 1. The van der Waals surface area contributed by atoms with Crippen LogP contribution in [0.5, 0.6) is 0 Å². The van der Waals surface area contributed by atoms with Crippen molar-refractivity contribution in [1.82, 2.24) is 14.8 Å². The highest BCUT2D eigenvalue weighted by molar-refractivity contribution is 7.99. The molecule has 2 N–H and O–H groups in total. The van der Waals surface area contributed by atoms with Crippen molar-refractivity contribution < 1.29 is 14.3 Å². The Labute approximate surface area is 142 Å². The average Bonchev–Trinajstić information content (AvgIpc) is 3.11. The fraction of sp³-hybridized carbons (Fsp3) is 0.429. The molecule has 0 aliphatic rings. The van der Waals surface area contributed by atoms with Crippen LogP contribution in [0.3, 0.4) is 0 Å². The van der Waals surface area contributed by atoms with Gasteiger partial charge in [-0.2, -0.15) is 0 Å². The van der Waals surface area contributed by atoms with Gasteiger partial charge in [-0.3, -0.25) is 9.59 Å². The number of nitrogens with two attached hydrogens (primary N) is 1. The third kappa shape index (κ3) is 5.07. The summed E-state index contributed by atoms with van der Waals surface area (Å²) in [4.78, 5) is 23.7. The molecule has 0 spiro atoms. The highest BCUT2D eigenvalue weighted by Gasteiger charge is 2.17. The zero-order valence-corrected chi connectivity index (χ0v) is 14.5. The molecule has 0 saturated heterocycles. The van der Waals surface area contributed by atoms with Gasteiger partial charge in [0.05, 0.1) is 16.7 Å².